The monoisotopic (exact) mass is 228 g/mol. The first kappa shape index (κ1) is 11.8. The molecule has 1 saturated carbocycles. The summed E-state index contributed by atoms with van der Waals surface area (Å²) >= 11 is 0. The molecule has 0 amide bonds. The van der Waals surface area contributed by atoms with Crippen molar-refractivity contribution in [3.05, 3.63) is 46.5 Å². The molecule has 1 atom stereocenters. The van der Waals surface area contributed by atoms with E-state index in [4.69, 9.17) is 0 Å². The zero-order valence-corrected chi connectivity index (χ0v) is 10.5. The predicted octanol–water partition coefficient (Wildman–Crippen LogP) is 2.79. The lowest BCUT2D eigenvalue weighted by Crippen LogP contribution is -2.15. The standard InChI is InChI=1S/C15H16O2/c1-8-5-9(2)13(10(3)6-8)14-12(16)7-11(4)15(14)17/h5-6,14H,4,7H2,1-3H3. The molecule has 0 aromatic heterocycles. The Morgan fingerprint density at radius 1 is 1.12 bits per heavy atom. The van der Waals surface area contributed by atoms with Crippen LogP contribution < -0.4 is 0 Å². The first-order chi connectivity index (χ1) is 7.91. The van der Waals surface area contributed by atoms with Crippen LogP contribution in [0.1, 0.15) is 34.6 Å². The summed E-state index contributed by atoms with van der Waals surface area (Å²) in [6, 6.07) is 4.04. The van der Waals surface area contributed by atoms with Crippen LogP contribution in [0.4, 0.5) is 0 Å². The minimum atomic E-state index is -0.608. The van der Waals surface area contributed by atoms with Crippen LogP contribution >= 0.6 is 0 Å². The number of aryl methyl sites for hydroxylation is 3. The maximum atomic E-state index is 12.0. The molecular formula is C15H16O2. The Morgan fingerprint density at radius 3 is 2.06 bits per heavy atom. The first-order valence-corrected chi connectivity index (χ1v) is 5.74. The van der Waals surface area contributed by atoms with Gasteiger partial charge in [-0.1, -0.05) is 24.3 Å². The molecule has 0 spiro atoms. The molecule has 1 aromatic carbocycles. The molecule has 88 valence electrons. The summed E-state index contributed by atoms with van der Waals surface area (Å²) in [6.45, 7) is 9.59. The van der Waals surface area contributed by atoms with E-state index in [0.29, 0.717) is 5.57 Å². The second kappa shape index (κ2) is 3.95. The van der Waals surface area contributed by atoms with Gasteiger partial charge in [0.05, 0.1) is 0 Å². The molecule has 1 fully saturated rings. The summed E-state index contributed by atoms with van der Waals surface area (Å²) in [6.07, 6.45) is 0.205. The average Bonchev–Trinajstić information content (AvgIpc) is 2.43. The quantitative estimate of drug-likeness (QED) is 0.547. The number of rotatable bonds is 1. The molecule has 0 radical (unpaired) electrons. The van der Waals surface area contributed by atoms with Crippen molar-refractivity contribution >= 4 is 11.6 Å². The summed E-state index contributed by atoms with van der Waals surface area (Å²) in [5.74, 6) is -0.733. The number of ketones is 2. The number of hydrogen-bond donors (Lipinski definition) is 0. The second-order valence-corrected chi connectivity index (χ2v) is 4.86. The molecule has 1 aliphatic carbocycles. The lowest BCUT2D eigenvalue weighted by molar-refractivity contribution is -0.123. The number of Topliss-reactive ketones (excluding diaryl/α,β-unsaturated/α-hetero) is 2. The maximum Gasteiger partial charge on any atom is 0.173 e. The summed E-state index contributed by atoms with van der Waals surface area (Å²) < 4.78 is 0. The molecule has 0 heterocycles. The van der Waals surface area contributed by atoms with Gasteiger partial charge in [0, 0.05) is 6.42 Å². The molecule has 1 aromatic rings. The normalized spacial score (nSPS) is 20.2. The minimum absolute atomic E-state index is 0.0185. The number of hydrogen-bond acceptors (Lipinski definition) is 2. The van der Waals surface area contributed by atoms with E-state index < -0.39 is 5.92 Å². The van der Waals surface area contributed by atoms with Gasteiger partial charge in [-0.05, 0) is 43.0 Å². The highest BCUT2D eigenvalue weighted by molar-refractivity contribution is 6.22. The minimum Gasteiger partial charge on any atom is -0.298 e. The smallest absolute Gasteiger partial charge is 0.173 e. The fraction of sp³-hybridized carbons (Fsp3) is 0.333. The Labute approximate surface area is 101 Å². The van der Waals surface area contributed by atoms with Crippen LogP contribution in [-0.4, -0.2) is 11.6 Å². The third-order valence-corrected chi connectivity index (χ3v) is 3.35. The topological polar surface area (TPSA) is 34.1 Å². The zero-order valence-electron chi connectivity index (χ0n) is 10.5. The highest BCUT2D eigenvalue weighted by Crippen LogP contribution is 2.35. The molecule has 17 heavy (non-hydrogen) atoms. The van der Waals surface area contributed by atoms with Crippen molar-refractivity contribution < 1.29 is 9.59 Å². The van der Waals surface area contributed by atoms with Gasteiger partial charge in [-0.2, -0.15) is 0 Å². The van der Waals surface area contributed by atoms with Gasteiger partial charge in [-0.3, -0.25) is 9.59 Å². The van der Waals surface area contributed by atoms with Gasteiger partial charge < -0.3 is 0 Å². The van der Waals surface area contributed by atoms with Gasteiger partial charge in [0.1, 0.15) is 5.92 Å². The fourth-order valence-corrected chi connectivity index (χ4v) is 2.69. The van der Waals surface area contributed by atoms with Crippen LogP contribution in [0.25, 0.3) is 0 Å². The number of carbonyl (C=O) groups is 2. The van der Waals surface area contributed by atoms with Crippen molar-refractivity contribution in [1.29, 1.82) is 0 Å². The first-order valence-electron chi connectivity index (χ1n) is 5.74. The number of carbonyl (C=O) groups excluding carboxylic acids is 2. The van der Waals surface area contributed by atoms with Crippen LogP contribution in [0.15, 0.2) is 24.3 Å². The largest absolute Gasteiger partial charge is 0.298 e. The fourth-order valence-electron chi connectivity index (χ4n) is 2.69. The summed E-state index contributed by atoms with van der Waals surface area (Å²) in [7, 11) is 0. The van der Waals surface area contributed by atoms with Gasteiger partial charge in [0.25, 0.3) is 0 Å². The number of benzene rings is 1. The van der Waals surface area contributed by atoms with Crippen LogP contribution in [0.2, 0.25) is 0 Å². The van der Waals surface area contributed by atoms with E-state index in [2.05, 4.69) is 6.58 Å². The highest BCUT2D eigenvalue weighted by Gasteiger charge is 2.38. The Balaban J connectivity index is 2.59. The van der Waals surface area contributed by atoms with E-state index in [9.17, 15) is 9.59 Å². The highest BCUT2D eigenvalue weighted by atomic mass is 16.2. The predicted molar refractivity (Wildman–Crippen MR) is 67.2 cm³/mol. The van der Waals surface area contributed by atoms with Gasteiger partial charge in [0.15, 0.2) is 11.6 Å². The van der Waals surface area contributed by atoms with E-state index in [-0.39, 0.29) is 18.0 Å². The van der Waals surface area contributed by atoms with Crippen molar-refractivity contribution in [2.75, 3.05) is 0 Å². The summed E-state index contributed by atoms with van der Waals surface area (Å²) in [5.41, 5.74) is 4.51. The van der Waals surface area contributed by atoms with Gasteiger partial charge in [-0.25, -0.2) is 0 Å². The van der Waals surface area contributed by atoms with Crippen molar-refractivity contribution in [3.63, 3.8) is 0 Å². The van der Waals surface area contributed by atoms with Crippen molar-refractivity contribution in [2.45, 2.75) is 33.1 Å². The van der Waals surface area contributed by atoms with E-state index in [1.54, 1.807) is 0 Å². The van der Waals surface area contributed by atoms with Crippen molar-refractivity contribution in [2.24, 2.45) is 0 Å². The zero-order chi connectivity index (χ0) is 12.7. The van der Waals surface area contributed by atoms with Crippen LogP contribution in [-0.2, 0) is 9.59 Å². The van der Waals surface area contributed by atoms with Crippen LogP contribution in [0.5, 0.6) is 0 Å². The van der Waals surface area contributed by atoms with Gasteiger partial charge in [0.2, 0.25) is 0 Å². The molecular weight excluding hydrogens is 212 g/mol. The molecule has 1 aliphatic rings. The third-order valence-electron chi connectivity index (χ3n) is 3.35. The Kier molecular flexibility index (Phi) is 2.74. The van der Waals surface area contributed by atoms with Gasteiger partial charge >= 0.3 is 0 Å². The molecule has 1 unspecified atom stereocenters. The Morgan fingerprint density at radius 2 is 1.65 bits per heavy atom. The second-order valence-electron chi connectivity index (χ2n) is 4.86. The lowest BCUT2D eigenvalue weighted by atomic mass is 9.87. The molecule has 0 bridgehead atoms. The molecule has 2 heteroatoms. The van der Waals surface area contributed by atoms with E-state index in [0.717, 1.165) is 22.3 Å². The van der Waals surface area contributed by atoms with E-state index >= 15 is 0 Å². The van der Waals surface area contributed by atoms with Gasteiger partial charge in [-0.15, -0.1) is 0 Å². The molecule has 0 N–H and O–H groups in total. The number of allylic oxidation sites excluding steroid dienone is 1. The van der Waals surface area contributed by atoms with E-state index in [1.807, 2.05) is 32.9 Å². The molecule has 0 aliphatic heterocycles. The molecule has 2 rings (SSSR count). The Hall–Kier alpha value is -1.70. The third kappa shape index (κ3) is 1.84. The Bertz CT molecular complexity index is 515. The van der Waals surface area contributed by atoms with Crippen LogP contribution in [0.3, 0.4) is 0 Å². The summed E-state index contributed by atoms with van der Waals surface area (Å²) in [5, 5.41) is 0. The SMILES string of the molecule is C=C1CC(=O)C(c2c(C)cc(C)cc2C)C1=O. The van der Waals surface area contributed by atoms with Crippen molar-refractivity contribution in [1.82, 2.24) is 0 Å². The van der Waals surface area contributed by atoms with Crippen molar-refractivity contribution in [3.8, 4) is 0 Å². The summed E-state index contributed by atoms with van der Waals surface area (Å²) in [4.78, 5) is 23.9. The maximum absolute atomic E-state index is 12.0. The van der Waals surface area contributed by atoms with E-state index in [1.165, 1.54) is 0 Å². The lowest BCUT2D eigenvalue weighted by Gasteiger charge is -2.15. The molecule has 0 saturated heterocycles. The van der Waals surface area contributed by atoms with Crippen LogP contribution in [0, 0.1) is 20.8 Å². The molecule has 2 nitrogen and oxygen atoms in total. The average molecular weight is 228 g/mol.